The molecular formula is C8H14N2. The molecule has 0 N–H and O–H groups in total. The maximum atomic E-state index is 3.95. The Kier molecular flexibility index (Phi) is 1.01. The van der Waals surface area contributed by atoms with Crippen LogP contribution >= 0.6 is 0 Å². The smallest absolute Gasteiger partial charge is 0.162 e. The van der Waals surface area contributed by atoms with Gasteiger partial charge < -0.3 is 0 Å². The van der Waals surface area contributed by atoms with Crippen molar-refractivity contribution in [2.45, 2.75) is 33.4 Å². The molecule has 0 aromatic carbocycles. The molecular weight excluding hydrogens is 124 g/mol. The van der Waals surface area contributed by atoms with Crippen LogP contribution < -0.4 is 0 Å². The molecule has 1 aliphatic heterocycles. The molecule has 2 aliphatic rings. The van der Waals surface area contributed by atoms with Gasteiger partial charge in [0, 0.05) is 5.92 Å². The Morgan fingerprint density at radius 1 is 1.20 bits per heavy atom. The highest BCUT2D eigenvalue weighted by molar-refractivity contribution is 5.01. The van der Waals surface area contributed by atoms with Gasteiger partial charge in [0.25, 0.3) is 0 Å². The van der Waals surface area contributed by atoms with E-state index in [2.05, 4.69) is 31.0 Å². The van der Waals surface area contributed by atoms with E-state index in [4.69, 9.17) is 0 Å². The predicted octanol–water partition coefficient (Wildman–Crippen LogP) is 2.46. The summed E-state index contributed by atoms with van der Waals surface area (Å²) in [5.41, 5.74) is 0.484. The summed E-state index contributed by atoms with van der Waals surface area (Å²) in [7, 11) is 0. The standard InChI is InChI=1S/C8H14N2/c1-8(2,3)6-4-5(6)7-9-10-7/h5-7H,4H2,1-3H3/t5-,6-/m0/s1. The fraction of sp³-hybridized carbons (Fsp3) is 1.00. The van der Waals surface area contributed by atoms with Crippen molar-refractivity contribution in [3.05, 3.63) is 0 Å². The van der Waals surface area contributed by atoms with E-state index in [-0.39, 0.29) is 0 Å². The number of hydrogen-bond acceptors (Lipinski definition) is 2. The lowest BCUT2D eigenvalue weighted by Crippen LogP contribution is -2.10. The largest absolute Gasteiger partial charge is 0.184 e. The molecule has 0 radical (unpaired) electrons. The summed E-state index contributed by atoms with van der Waals surface area (Å²) in [6.07, 6.45) is 1.76. The summed E-state index contributed by atoms with van der Waals surface area (Å²) < 4.78 is 0. The highest BCUT2D eigenvalue weighted by atomic mass is 15.4. The zero-order chi connectivity index (χ0) is 7.35. The number of hydrogen-bond donors (Lipinski definition) is 0. The second-order valence-electron chi connectivity index (χ2n) is 4.52. The molecule has 2 atom stereocenters. The van der Waals surface area contributed by atoms with Gasteiger partial charge in [-0.3, -0.25) is 0 Å². The molecule has 10 heavy (non-hydrogen) atoms. The van der Waals surface area contributed by atoms with E-state index in [0.717, 1.165) is 11.8 Å². The lowest BCUT2D eigenvalue weighted by molar-refractivity contribution is 0.327. The summed E-state index contributed by atoms with van der Waals surface area (Å²) in [5.74, 6) is 1.69. The molecule has 0 aromatic rings. The van der Waals surface area contributed by atoms with E-state index in [9.17, 15) is 0 Å². The number of nitrogens with zero attached hydrogens (tertiary/aromatic N) is 2. The quantitative estimate of drug-likeness (QED) is 0.531. The summed E-state index contributed by atoms with van der Waals surface area (Å²) in [5, 5.41) is 7.91. The van der Waals surface area contributed by atoms with Crippen molar-refractivity contribution in [3.8, 4) is 0 Å². The van der Waals surface area contributed by atoms with Gasteiger partial charge >= 0.3 is 0 Å². The maximum absolute atomic E-state index is 3.95. The third-order valence-electron chi connectivity index (χ3n) is 2.58. The predicted molar refractivity (Wildman–Crippen MR) is 39.7 cm³/mol. The maximum Gasteiger partial charge on any atom is 0.184 e. The van der Waals surface area contributed by atoms with E-state index in [0.29, 0.717) is 11.6 Å². The molecule has 0 unspecified atom stereocenters. The van der Waals surface area contributed by atoms with Crippen molar-refractivity contribution >= 4 is 0 Å². The van der Waals surface area contributed by atoms with Gasteiger partial charge in [0.1, 0.15) is 0 Å². The molecule has 0 aromatic heterocycles. The van der Waals surface area contributed by atoms with Crippen LogP contribution in [0.25, 0.3) is 0 Å². The molecule has 2 heteroatoms. The van der Waals surface area contributed by atoms with Gasteiger partial charge in [-0.2, -0.15) is 10.2 Å². The van der Waals surface area contributed by atoms with E-state index in [1.165, 1.54) is 6.42 Å². The Balaban J connectivity index is 1.89. The summed E-state index contributed by atoms with van der Waals surface area (Å²) in [6.45, 7) is 6.92. The van der Waals surface area contributed by atoms with Crippen molar-refractivity contribution in [1.82, 2.24) is 0 Å². The van der Waals surface area contributed by atoms with Gasteiger partial charge in [-0.15, -0.1) is 0 Å². The van der Waals surface area contributed by atoms with Gasteiger partial charge in [0.05, 0.1) is 0 Å². The number of rotatable bonds is 1. The molecule has 1 heterocycles. The van der Waals surface area contributed by atoms with Gasteiger partial charge in [-0.1, -0.05) is 20.8 Å². The Morgan fingerprint density at radius 2 is 1.80 bits per heavy atom. The fourth-order valence-electron chi connectivity index (χ4n) is 1.75. The Bertz CT molecular complexity index is 172. The minimum absolute atomic E-state index is 0.407. The molecule has 1 fully saturated rings. The lowest BCUT2D eigenvalue weighted by Gasteiger charge is -2.17. The third kappa shape index (κ3) is 0.957. The molecule has 0 spiro atoms. The second kappa shape index (κ2) is 1.60. The van der Waals surface area contributed by atoms with Crippen LogP contribution in [-0.2, 0) is 0 Å². The van der Waals surface area contributed by atoms with Crippen molar-refractivity contribution < 1.29 is 0 Å². The summed E-state index contributed by atoms with van der Waals surface area (Å²) in [4.78, 5) is 0. The Hall–Kier alpha value is -0.400. The van der Waals surface area contributed by atoms with Gasteiger partial charge in [0.15, 0.2) is 6.17 Å². The average molecular weight is 138 g/mol. The van der Waals surface area contributed by atoms with Gasteiger partial charge in [-0.25, -0.2) is 0 Å². The fourth-order valence-corrected chi connectivity index (χ4v) is 1.75. The minimum atomic E-state index is 0.407. The highest BCUT2D eigenvalue weighted by Crippen LogP contribution is 2.55. The van der Waals surface area contributed by atoms with E-state index in [1.807, 2.05) is 0 Å². The lowest BCUT2D eigenvalue weighted by atomic mass is 9.89. The third-order valence-corrected chi connectivity index (χ3v) is 2.58. The first-order valence-electron chi connectivity index (χ1n) is 3.99. The normalized spacial score (nSPS) is 38.3. The molecule has 2 nitrogen and oxygen atoms in total. The van der Waals surface area contributed by atoms with Crippen LogP contribution in [0.4, 0.5) is 0 Å². The Labute approximate surface area is 61.7 Å². The van der Waals surface area contributed by atoms with Crippen LogP contribution in [0.2, 0.25) is 0 Å². The molecule has 2 rings (SSSR count). The molecule has 56 valence electrons. The highest BCUT2D eigenvalue weighted by Gasteiger charge is 2.52. The first kappa shape index (κ1) is 6.32. The van der Waals surface area contributed by atoms with Crippen LogP contribution in [0, 0.1) is 17.3 Å². The molecule has 1 aliphatic carbocycles. The summed E-state index contributed by atoms with van der Waals surface area (Å²) >= 11 is 0. The van der Waals surface area contributed by atoms with Crippen LogP contribution in [0.15, 0.2) is 10.2 Å². The van der Waals surface area contributed by atoms with Crippen molar-refractivity contribution in [2.75, 3.05) is 0 Å². The zero-order valence-electron chi connectivity index (χ0n) is 6.83. The van der Waals surface area contributed by atoms with E-state index >= 15 is 0 Å². The molecule has 1 saturated carbocycles. The second-order valence-corrected chi connectivity index (χ2v) is 4.52. The SMILES string of the molecule is CC(C)(C)[C@H]1C[C@@H]1C1N=N1. The van der Waals surface area contributed by atoms with Crippen LogP contribution in [0.1, 0.15) is 27.2 Å². The molecule has 0 saturated heterocycles. The minimum Gasteiger partial charge on any atom is -0.162 e. The van der Waals surface area contributed by atoms with Crippen molar-refractivity contribution in [2.24, 2.45) is 27.5 Å². The average Bonchev–Trinajstić information content (AvgIpc) is 2.56. The van der Waals surface area contributed by atoms with Gasteiger partial charge in [-0.05, 0) is 17.8 Å². The first-order valence-corrected chi connectivity index (χ1v) is 3.99. The Morgan fingerprint density at radius 3 is 2.10 bits per heavy atom. The topological polar surface area (TPSA) is 24.7 Å². The van der Waals surface area contributed by atoms with Crippen LogP contribution in [0.3, 0.4) is 0 Å². The molecule has 0 bridgehead atoms. The zero-order valence-corrected chi connectivity index (χ0v) is 6.83. The molecule has 0 amide bonds. The van der Waals surface area contributed by atoms with E-state index < -0.39 is 0 Å². The first-order chi connectivity index (χ1) is 4.59. The van der Waals surface area contributed by atoms with Crippen molar-refractivity contribution in [3.63, 3.8) is 0 Å². The van der Waals surface area contributed by atoms with Gasteiger partial charge in [0.2, 0.25) is 0 Å². The van der Waals surface area contributed by atoms with Crippen LogP contribution in [0.5, 0.6) is 0 Å². The summed E-state index contributed by atoms with van der Waals surface area (Å²) in [6, 6.07) is 0. The monoisotopic (exact) mass is 138 g/mol. The van der Waals surface area contributed by atoms with E-state index in [1.54, 1.807) is 0 Å². The van der Waals surface area contributed by atoms with Crippen molar-refractivity contribution in [1.29, 1.82) is 0 Å². The van der Waals surface area contributed by atoms with Crippen LogP contribution in [-0.4, -0.2) is 6.17 Å².